The zero-order valence-electron chi connectivity index (χ0n) is 16.1. The van der Waals surface area contributed by atoms with Gasteiger partial charge in [-0.25, -0.2) is 8.42 Å². The van der Waals surface area contributed by atoms with Crippen molar-refractivity contribution in [2.75, 3.05) is 23.5 Å². The molecule has 0 saturated heterocycles. The van der Waals surface area contributed by atoms with Crippen LogP contribution in [0.2, 0.25) is 0 Å². The number of hydrogen-bond acceptors (Lipinski definition) is 6. The Balaban J connectivity index is 1.73. The first-order valence-corrected chi connectivity index (χ1v) is 11.6. The van der Waals surface area contributed by atoms with Crippen LogP contribution >= 0.6 is 11.8 Å². The number of carbonyl (C=O) groups is 2. The Morgan fingerprint density at radius 2 is 2.07 bits per heavy atom. The van der Waals surface area contributed by atoms with Crippen molar-refractivity contribution >= 4 is 44.8 Å². The lowest BCUT2D eigenvalue weighted by Gasteiger charge is -2.15. The minimum absolute atomic E-state index is 0.0840. The standard InChI is InChI=1S/C20H22N2O5S2/c1-13(10-20(24)21-14-4-3-5-15(11-14)27-2)29(25,26)16-6-7-18-17(12-16)22-19(23)8-9-28-18/h3-7,11-13H,8-10H2,1-2H3,(H,21,24)(H,22,23). The first-order chi connectivity index (χ1) is 13.8. The Labute approximate surface area is 174 Å². The molecule has 7 nitrogen and oxygen atoms in total. The van der Waals surface area contributed by atoms with Crippen LogP contribution in [0.25, 0.3) is 0 Å². The molecule has 2 amide bonds. The van der Waals surface area contributed by atoms with E-state index >= 15 is 0 Å². The summed E-state index contributed by atoms with van der Waals surface area (Å²) in [5, 5.41) is 4.50. The number of carbonyl (C=O) groups excluding carboxylic acids is 2. The second-order valence-corrected chi connectivity index (χ2v) is 10.1. The topological polar surface area (TPSA) is 102 Å². The first-order valence-electron chi connectivity index (χ1n) is 9.04. The van der Waals surface area contributed by atoms with Gasteiger partial charge in [0.05, 0.1) is 22.9 Å². The summed E-state index contributed by atoms with van der Waals surface area (Å²) in [6.07, 6.45) is 0.181. The van der Waals surface area contributed by atoms with Gasteiger partial charge in [0.15, 0.2) is 9.84 Å². The van der Waals surface area contributed by atoms with Crippen molar-refractivity contribution in [3.8, 4) is 5.75 Å². The molecule has 9 heteroatoms. The number of benzene rings is 2. The van der Waals surface area contributed by atoms with Crippen LogP contribution in [0.3, 0.4) is 0 Å². The average Bonchev–Trinajstić information content (AvgIpc) is 2.87. The van der Waals surface area contributed by atoms with E-state index in [0.717, 1.165) is 4.90 Å². The third-order valence-corrected chi connectivity index (χ3v) is 7.71. The molecule has 154 valence electrons. The largest absolute Gasteiger partial charge is 0.497 e. The predicted molar refractivity (Wildman–Crippen MR) is 113 cm³/mol. The minimum atomic E-state index is -3.75. The molecule has 3 rings (SSSR count). The zero-order valence-corrected chi connectivity index (χ0v) is 17.7. The Morgan fingerprint density at radius 1 is 1.28 bits per heavy atom. The summed E-state index contributed by atoms with van der Waals surface area (Å²) >= 11 is 1.50. The van der Waals surface area contributed by atoms with Gasteiger partial charge in [0.2, 0.25) is 11.8 Å². The van der Waals surface area contributed by atoms with Gasteiger partial charge in [-0.1, -0.05) is 6.07 Å². The Morgan fingerprint density at radius 3 is 2.83 bits per heavy atom. The summed E-state index contributed by atoms with van der Waals surface area (Å²) in [5.74, 6) is 0.684. The Hall–Kier alpha value is -2.52. The van der Waals surface area contributed by atoms with Gasteiger partial charge < -0.3 is 15.4 Å². The van der Waals surface area contributed by atoms with Crippen LogP contribution in [0.1, 0.15) is 19.8 Å². The van der Waals surface area contributed by atoms with Crippen LogP contribution in [-0.4, -0.2) is 38.3 Å². The molecule has 0 aromatic heterocycles. The van der Waals surface area contributed by atoms with Gasteiger partial charge in [-0.3, -0.25) is 9.59 Å². The minimum Gasteiger partial charge on any atom is -0.497 e. The van der Waals surface area contributed by atoms with Gasteiger partial charge in [-0.15, -0.1) is 11.8 Å². The van der Waals surface area contributed by atoms with Crippen LogP contribution in [0.4, 0.5) is 11.4 Å². The highest BCUT2D eigenvalue weighted by Gasteiger charge is 2.27. The van der Waals surface area contributed by atoms with E-state index in [1.54, 1.807) is 30.3 Å². The van der Waals surface area contributed by atoms with Gasteiger partial charge in [-0.2, -0.15) is 0 Å². The van der Waals surface area contributed by atoms with Crippen molar-refractivity contribution < 1.29 is 22.7 Å². The molecule has 1 unspecified atom stereocenters. The smallest absolute Gasteiger partial charge is 0.225 e. The maximum Gasteiger partial charge on any atom is 0.225 e. The molecule has 0 aliphatic carbocycles. The van der Waals surface area contributed by atoms with Crippen LogP contribution < -0.4 is 15.4 Å². The lowest BCUT2D eigenvalue weighted by Crippen LogP contribution is -2.25. The summed E-state index contributed by atoms with van der Waals surface area (Å²) in [5.41, 5.74) is 1.02. The SMILES string of the molecule is COc1cccc(NC(=O)CC(C)S(=O)(=O)c2ccc3c(c2)NC(=O)CCS3)c1. The van der Waals surface area contributed by atoms with Crippen LogP contribution in [0.5, 0.6) is 5.75 Å². The quantitative estimate of drug-likeness (QED) is 0.723. The van der Waals surface area contributed by atoms with Gasteiger partial charge in [0.25, 0.3) is 0 Å². The summed E-state index contributed by atoms with van der Waals surface area (Å²) in [6.45, 7) is 1.50. The molecule has 2 aromatic rings. The molecule has 1 atom stereocenters. The fourth-order valence-electron chi connectivity index (χ4n) is 2.89. The number of nitrogens with one attached hydrogen (secondary N) is 2. The van der Waals surface area contributed by atoms with Crippen LogP contribution in [-0.2, 0) is 19.4 Å². The number of fused-ring (bicyclic) bond motifs is 1. The molecule has 0 bridgehead atoms. The van der Waals surface area contributed by atoms with Crippen molar-refractivity contribution in [1.29, 1.82) is 0 Å². The van der Waals surface area contributed by atoms with Gasteiger partial charge in [0, 0.05) is 35.2 Å². The van der Waals surface area contributed by atoms with E-state index in [4.69, 9.17) is 4.74 Å². The molecular weight excluding hydrogens is 412 g/mol. The summed E-state index contributed by atoms with van der Waals surface area (Å²) in [4.78, 5) is 25.0. The molecule has 2 N–H and O–H groups in total. The molecule has 0 fully saturated rings. The van der Waals surface area contributed by atoms with E-state index in [9.17, 15) is 18.0 Å². The van der Waals surface area contributed by atoms with E-state index < -0.39 is 21.0 Å². The third-order valence-electron chi connectivity index (χ3n) is 4.50. The van der Waals surface area contributed by atoms with Crippen LogP contribution in [0.15, 0.2) is 52.3 Å². The second-order valence-electron chi connectivity index (χ2n) is 6.64. The lowest BCUT2D eigenvalue weighted by atomic mass is 10.2. The van der Waals surface area contributed by atoms with Gasteiger partial charge in [0.1, 0.15) is 5.75 Å². The maximum atomic E-state index is 13.0. The van der Waals surface area contributed by atoms with Crippen molar-refractivity contribution in [2.24, 2.45) is 0 Å². The molecule has 0 spiro atoms. The first kappa shape index (κ1) is 21.2. The van der Waals surface area contributed by atoms with E-state index in [1.165, 1.54) is 37.9 Å². The monoisotopic (exact) mass is 434 g/mol. The summed E-state index contributed by atoms with van der Waals surface area (Å²) in [7, 11) is -2.22. The number of thioether (sulfide) groups is 1. The predicted octanol–water partition coefficient (Wildman–Crippen LogP) is 3.32. The highest BCUT2D eigenvalue weighted by atomic mass is 32.2. The van der Waals surface area contributed by atoms with E-state index in [1.807, 2.05) is 0 Å². The normalized spacial score (nSPS) is 14.9. The van der Waals surface area contributed by atoms with Crippen LogP contribution in [0, 0.1) is 0 Å². The molecule has 0 radical (unpaired) electrons. The highest BCUT2D eigenvalue weighted by Crippen LogP contribution is 2.33. The van der Waals surface area contributed by atoms with Crippen molar-refractivity contribution in [3.05, 3.63) is 42.5 Å². The number of sulfone groups is 1. The molecule has 29 heavy (non-hydrogen) atoms. The molecule has 1 aliphatic heterocycles. The van der Waals surface area contributed by atoms with Crippen molar-refractivity contribution in [1.82, 2.24) is 0 Å². The Bertz CT molecular complexity index is 1040. The zero-order chi connectivity index (χ0) is 21.0. The van der Waals surface area contributed by atoms with Crippen molar-refractivity contribution in [2.45, 2.75) is 34.8 Å². The van der Waals surface area contributed by atoms with Crippen molar-refractivity contribution in [3.63, 3.8) is 0 Å². The van der Waals surface area contributed by atoms with E-state index in [0.29, 0.717) is 29.3 Å². The second kappa shape index (κ2) is 8.87. The number of anilines is 2. The molecule has 2 aromatic carbocycles. The summed E-state index contributed by atoms with van der Waals surface area (Å²) in [6, 6.07) is 11.5. The molecule has 1 heterocycles. The highest BCUT2D eigenvalue weighted by molar-refractivity contribution is 7.99. The lowest BCUT2D eigenvalue weighted by molar-refractivity contribution is -0.116. The summed E-state index contributed by atoms with van der Waals surface area (Å²) < 4.78 is 31.0. The fourth-order valence-corrected chi connectivity index (χ4v) is 5.20. The van der Waals surface area contributed by atoms with Gasteiger partial charge >= 0.3 is 0 Å². The molecule has 0 saturated carbocycles. The molecular formula is C20H22N2O5S2. The number of ether oxygens (including phenoxy) is 1. The van der Waals surface area contributed by atoms with Gasteiger partial charge in [-0.05, 0) is 37.3 Å². The molecule has 1 aliphatic rings. The third kappa shape index (κ3) is 5.10. The van der Waals surface area contributed by atoms with E-state index in [2.05, 4.69) is 10.6 Å². The number of methoxy groups -OCH3 is 1. The number of rotatable bonds is 6. The fraction of sp³-hybridized carbons (Fsp3) is 0.300. The van der Waals surface area contributed by atoms with E-state index in [-0.39, 0.29) is 17.2 Å². The number of hydrogen-bond donors (Lipinski definition) is 2. The number of amides is 2. The maximum absolute atomic E-state index is 13.0. The average molecular weight is 435 g/mol. The Kier molecular flexibility index (Phi) is 6.49.